The molecule has 0 aromatic heterocycles. The van der Waals surface area contributed by atoms with Crippen LogP contribution in [0.15, 0.2) is 0 Å². The van der Waals surface area contributed by atoms with Gasteiger partial charge in [-0.2, -0.15) is 0 Å². The van der Waals surface area contributed by atoms with Crippen molar-refractivity contribution >= 4 is 6.09 Å². The molecule has 1 atom stereocenters. The number of carbonyl (C=O) groups excluding carboxylic acids is 1. The van der Waals surface area contributed by atoms with Crippen molar-refractivity contribution in [1.82, 2.24) is 10.6 Å². The Morgan fingerprint density at radius 2 is 1.81 bits per heavy atom. The van der Waals surface area contributed by atoms with Crippen LogP contribution in [0, 0.1) is 0 Å². The number of nitrogens with one attached hydrogen (secondary N) is 2. The second kappa shape index (κ2) is 9.18. The molecule has 0 spiro atoms. The summed E-state index contributed by atoms with van der Waals surface area (Å²) in [6.45, 7) is 7.88. The van der Waals surface area contributed by atoms with Crippen LogP contribution in [0.5, 0.6) is 0 Å². The average molecular weight is 308 g/mol. The van der Waals surface area contributed by atoms with Gasteiger partial charge in [0.05, 0.1) is 13.1 Å². The van der Waals surface area contributed by atoms with Crippen LogP contribution in [-0.2, 0) is 4.74 Å². The van der Waals surface area contributed by atoms with Crippen molar-refractivity contribution in [1.29, 1.82) is 0 Å². The van der Waals surface area contributed by atoms with Gasteiger partial charge >= 0.3 is 6.09 Å². The van der Waals surface area contributed by atoms with E-state index in [9.17, 15) is 13.6 Å². The zero-order valence-corrected chi connectivity index (χ0v) is 13.9. The highest BCUT2D eigenvalue weighted by Gasteiger charge is 2.30. The Hall–Kier alpha value is -0.910. The Morgan fingerprint density at radius 1 is 1.19 bits per heavy atom. The summed E-state index contributed by atoms with van der Waals surface area (Å²) in [5.74, 6) is -2.99. The number of rotatable bonds is 9. The third kappa shape index (κ3) is 12.5. The van der Waals surface area contributed by atoms with Gasteiger partial charge in [0.2, 0.25) is 0 Å². The molecule has 1 unspecified atom stereocenters. The molecule has 0 radical (unpaired) electrons. The van der Waals surface area contributed by atoms with Crippen molar-refractivity contribution in [3.8, 4) is 0 Å². The van der Waals surface area contributed by atoms with E-state index < -0.39 is 30.7 Å². The number of alkyl carbamates (subject to hydrolysis) is 1. The van der Waals surface area contributed by atoms with E-state index in [4.69, 9.17) is 4.74 Å². The summed E-state index contributed by atoms with van der Waals surface area (Å²) in [5.41, 5.74) is -0.689. The fourth-order valence-corrected chi connectivity index (χ4v) is 1.70. The van der Waals surface area contributed by atoms with Crippen molar-refractivity contribution in [2.24, 2.45) is 0 Å². The molecule has 2 N–H and O–H groups in total. The van der Waals surface area contributed by atoms with Gasteiger partial charge < -0.3 is 15.4 Å². The predicted octanol–water partition coefficient (Wildman–Crippen LogP) is 3.70. The van der Waals surface area contributed by atoms with E-state index >= 15 is 0 Å². The maximum atomic E-state index is 13.6. The number of unbranched alkanes of at least 4 members (excludes halogenated alkanes) is 2. The van der Waals surface area contributed by atoms with Gasteiger partial charge in [-0.05, 0) is 34.1 Å². The van der Waals surface area contributed by atoms with Gasteiger partial charge in [0, 0.05) is 6.04 Å². The quantitative estimate of drug-likeness (QED) is 0.639. The lowest BCUT2D eigenvalue weighted by Gasteiger charge is -2.23. The maximum absolute atomic E-state index is 13.6. The van der Waals surface area contributed by atoms with E-state index in [1.54, 1.807) is 20.8 Å². The summed E-state index contributed by atoms with van der Waals surface area (Å²) in [4.78, 5) is 11.3. The number of halogens is 2. The van der Waals surface area contributed by atoms with Crippen LogP contribution in [0.1, 0.15) is 60.3 Å². The van der Waals surface area contributed by atoms with E-state index in [2.05, 4.69) is 17.6 Å². The molecular formula is C15H30F2N2O2. The SMILES string of the molecule is CCCCCC(C)NCC(F)(F)CNC(=O)OC(C)(C)C. The van der Waals surface area contributed by atoms with Crippen LogP contribution >= 0.6 is 0 Å². The van der Waals surface area contributed by atoms with Crippen LogP contribution in [0.3, 0.4) is 0 Å². The van der Waals surface area contributed by atoms with E-state index in [0.717, 1.165) is 25.7 Å². The summed E-state index contributed by atoms with van der Waals surface area (Å²) in [5, 5.41) is 4.92. The molecular weight excluding hydrogens is 278 g/mol. The third-order valence-electron chi connectivity index (χ3n) is 2.84. The molecule has 126 valence electrons. The van der Waals surface area contributed by atoms with Crippen LogP contribution in [0.2, 0.25) is 0 Å². The average Bonchev–Trinajstić information content (AvgIpc) is 2.33. The molecule has 0 bridgehead atoms. The smallest absolute Gasteiger partial charge is 0.407 e. The van der Waals surface area contributed by atoms with E-state index in [-0.39, 0.29) is 6.04 Å². The minimum Gasteiger partial charge on any atom is -0.444 e. The maximum Gasteiger partial charge on any atom is 0.407 e. The van der Waals surface area contributed by atoms with Crippen LogP contribution in [0.4, 0.5) is 13.6 Å². The van der Waals surface area contributed by atoms with Gasteiger partial charge in [-0.15, -0.1) is 0 Å². The molecule has 6 heteroatoms. The minimum absolute atomic E-state index is 0.0453. The minimum atomic E-state index is -2.99. The molecule has 0 aliphatic heterocycles. The number of amides is 1. The highest BCUT2D eigenvalue weighted by atomic mass is 19.3. The first kappa shape index (κ1) is 20.1. The Bertz CT molecular complexity index is 305. The number of hydrogen-bond donors (Lipinski definition) is 2. The molecule has 21 heavy (non-hydrogen) atoms. The molecule has 0 saturated carbocycles. The summed E-state index contributed by atoms with van der Waals surface area (Å²) in [6.07, 6.45) is 3.32. The number of alkyl halides is 2. The first-order valence-corrected chi connectivity index (χ1v) is 7.64. The summed E-state index contributed by atoms with van der Waals surface area (Å²) < 4.78 is 32.2. The number of carbonyl (C=O) groups is 1. The zero-order chi connectivity index (χ0) is 16.5. The fourth-order valence-electron chi connectivity index (χ4n) is 1.70. The first-order chi connectivity index (χ1) is 9.56. The Labute approximate surface area is 127 Å². The van der Waals surface area contributed by atoms with Crippen molar-refractivity contribution in [3.05, 3.63) is 0 Å². The molecule has 1 amide bonds. The second-order valence-corrected chi connectivity index (χ2v) is 6.49. The fraction of sp³-hybridized carbons (Fsp3) is 0.933. The topological polar surface area (TPSA) is 50.4 Å². The predicted molar refractivity (Wildman–Crippen MR) is 80.8 cm³/mol. The van der Waals surface area contributed by atoms with Gasteiger partial charge in [0.15, 0.2) is 0 Å². The van der Waals surface area contributed by atoms with Gasteiger partial charge in [0.1, 0.15) is 5.60 Å². The first-order valence-electron chi connectivity index (χ1n) is 7.64. The van der Waals surface area contributed by atoms with Crippen molar-refractivity contribution in [2.75, 3.05) is 13.1 Å². The highest BCUT2D eigenvalue weighted by molar-refractivity contribution is 5.67. The lowest BCUT2D eigenvalue weighted by Crippen LogP contribution is -2.46. The van der Waals surface area contributed by atoms with Gasteiger partial charge in [-0.1, -0.05) is 26.2 Å². The normalized spacial score (nSPS) is 13.9. The summed E-state index contributed by atoms with van der Waals surface area (Å²) in [7, 11) is 0. The third-order valence-corrected chi connectivity index (χ3v) is 2.84. The Balaban J connectivity index is 3.95. The Morgan fingerprint density at radius 3 is 2.33 bits per heavy atom. The number of hydrogen-bond acceptors (Lipinski definition) is 3. The highest BCUT2D eigenvalue weighted by Crippen LogP contribution is 2.13. The van der Waals surface area contributed by atoms with Gasteiger partial charge in [-0.3, -0.25) is 0 Å². The standard InChI is InChI=1S/C15H30F2N2O2/c1-6-7-8-9-12(2)18-10-15(16,17)11-19-13(20)21-14(3,4)5/h12,18H,6-11H2,1-5H3,(H,19,20). The second-order valence-electron chi connectivity index (χ2n) is 6.49. The van der Waals surface area contributed by atoms with Crippen molar-refractivity contribution in [3.63, 3.8) is 0 Å². The van der Waals surface area contributed by atoms with E-state index in [0.29, 0.717) is 0 Å². The molecule has 0 saturated heterocycles. The van der Waals surface area contributed by atoms with Gasteiger partial charge in [0.25, 0.3) is 5.92 Å². The monoisotopic (exact) mass is 308 g/mol. The lowest BCUT2D eigenvalue weighted by molar-refractivity contribution is -0.00539. The summed E-state index contributed by atoms with van der Waals surface area (Å²) >= 11 is 0. The van der Waals surface area contributed by atoms with Crippen LogP contribution in [0.25, 0.3) is 0 Å². The van der Waals surface area contributed by atoms with Crippen molar-refractivity contribution in [2.45, 2.75) is 77.9 Å². The van der Waals surface area contributed by atoms with Gasteiger partial charge in [-0.25, -0.2) is 13.6 Å². The molecule has 0 aliphatic rings. The Kier molecular flexibility index (Phi) is 8.78. The number of ether oxygens (including phenoxy) is 1. The molecule has 0 aliphatic carbocycles. The largest absolute Gasteiger partial charge is 0.444 e. The molecule has 4 nitrogen and oxygen atoms in total. The van der Waals surface area contributed by atoms with Crippen LogP contribution < -0.4 is 10.6 Å². The zero-order valence-electron chi connectivity index (χ0n) is 13.9. The van der Waals surface area contributed by atoms with Crippen LogP contribution in [-0.4, -0.2) is 36.7 Å². The van der Waals surface area contributed by atoms with E-state index in [1.165, 1.54) is 0 Å². The molecule has 0 fully saturated rings. The molecule has 0 aromatic rings. The molecule has 0 aromatic carbocycles. The summed E-state index contributed by atoms with van der Waals surface area (Å²) in [6, 6.07) is 0.0453. The molecule has 0 heterocycles. The van der Waals surface area contributed by atoms with Crippen molar-refractivity contribution < 1.29 is 18.3 Å². The van der Waals surface area contributed by atoms with E-state index in [1.807, 2.05) is 6.92 Å². The molecule has 0 rings (SSSR count). The lowest BCUT2D eigenvalue weighted by atomic mass is 10.1.